The number of piperidine rings is 1. The van der Waals surface area contributed by atoms with E-state index in [2.05, 4.69) is 0 Å². The van der Waals surface area contributed by atoms with Crippen molar-refractivity contribution in [3.8, 4) is 0 Å². The van der Waals surface area contributed by atoms with Crippen LogP contribution in [0, 0.1) is 5.92 Å². The molecule has 1 unspecified atom stereocenters. The van der Waals surface area contributed by atoms with Gasteiger partial charge in [-0.15, -0.1) is 0 Å². The van der Waals surface area contributed by atoms with Gasteiger partial charge in [0.25, 0.3) is 5.91 Å². The number of carbonyl (C=O) groups excluding carboxylic acids is 2. The summed E-state index contributed by atoms with van der Waals surface area (Å²) >= 11 is 0. The van der Waals surface area contributed by atoms with E-state index in [1.54, 1.807) is 0 Å². The third-order valence-corrected chi connectivity index (χ3v) is 6.50. The van der Waals surface area contributed by atoms with Gasteiger partial charge in [0.2, 0.25) is 5.91 Å². The Bertz CT molecular complexity index is 661. The summed E-state index contributed by atoms with van der Waals surface area (Å²) in [5, 5.41) is 0. The van der Waals surface area contributed by atoms with E-state index in [-0.39, 0.29) is 11.5 Å². The molecule has 1 aromatic carbocycles. The fraction of sp³-hybridized carbons (Fsp3) is 0.636. The minimum atomic E-state index is -0.137. The number of amides is 2. The third-order valence-electron chi connectivity index (χ3n) is 6.50. The third kappa shape index (κ3) is 4.18. The maximum absolute atomic E-state index is 12.7. The zero-order valence-corrected chi connectivity index (χ0v) is 16.1. The van der Waals surface area contributed by atoms with Crippen molar-refractivity contribution >= 4 is 11.8 Å². The van der Waals surface area contributed by atoms with Crippen LogP contribution in [0.5, 0.6) is 0 Å². The van der Waals surface area contributed by atoms with E-state index in [0.29, 0.717) is 18.2 Å². The van der Waals surface area contributed by atoms with Gasteiger partial charge >= 0.3 is 0 Å². The minimum Gasteiger partial charge on any atom is -0.375 e. The van der Waals surface area contributed by atoms with Crippen molar-refractivity contribution in [2.45, 2.75) is 50.5 Å². The predicted molar refractivity (Wildman–Crippen MR) is 103 cm³/mol. The van der Waals surface area contributed by atoms with Gasteiger partial charge in [0, 0.05) is 44.8 Å². The van der Waals surface area contributed by atoms with Crippen LogP contribution in [0.2, 0.25) is 0 Å². The second kappa shape index (κ2) is 8.01. The van der Waals surface area contributed by atoms with Gasteiger partial charge in [-0.3, -0.25) is 9.59 Å². The van der Waals surface area contributed by atoms with Gasteiger partial charge in [-0.2, -0.15) is 0 Å². The van der Waals surface area contributed by atoms with Crippen LogP contribution in [0.1, 0.15) is 55.3 Å². The van der Waals surface area contributed by atoms with E-state index < -0.39 is 0 Å². The van der Waals surface area contributed by atoms with Gasteiger partial charge < -0.3 is 14.5 Å². The molecule has 3 aliphatic heterocycles. The first kappa shape index (κ1) is 18.5. The molecule has 146 valence electrons. The van der Waals surface area contributed by atoms with Gasteiger partial charge in [0.1, 0.15) is 0 Å². The number of ether oxygens (including phenoxy) is 1. The molecule has 1 atom stereocenters. The first-order valence-corrected chi connectivity index (χ1v) is 10.4. The van der Waals surface area contributed by atoms with Crippen molar-refractivity contribution in [2.24, 2.45) is 5.92 Å². The maximum atomic E-state index is 12.7. The molecule has 1 aromatic rings. The van der Waals surface area contributed by atoms with Crippen LogP contribution in [0.15, 0.2) is 30.3 Å². The molecule has 2 amide bonds. The number of carbonyl (C=O) groups is 2. The summed E-state index contributed by atoms with van der Waals surface area (Å²) in [7, 11) is 0. The molecule has 3 saturated heterocycles. The molecule has 3 fully saturated rings. The molecular formula is C22H30N2O3. The van der Waals surface area contributed by atoms with Crippen LogP contribution < -0.4 is 0 Å². The Labute approximate surface area is 161 Å². The zero-order chi connectivity index (χ0) is 18.7. The molecule has 0 saturated carbocycles. The average Bonchev–Trinajstić information content (AvgIpc) is 3.24. The Kier molecular flexibility index (Phi) is 5.48. The number of hydrogen-bond acceptors (Lipinski definition) is 3. The van der Waals surface area contributed by atoms with Crippen LogP contribution in [-0.4, -0.2) is 60.0 Å². The van der Waals surface area contributed by atoms with E-state index in [4.69, 9.17) is 4.74 Å². The molecule has 0 radical (unpaired) electrons. The molecule has 0 aliphatic carbocycles. The van der Waals surface area contributed by atoms with Crippen molar-refractivity contribution in [1.82, 2.24) is 9.80 Å². The van der Waals surface area contributed by atoms with Crippen LogP contribution in [-0.2, 0) is 9.53 Å². The lowest BCUT2D eigenvalue weighted by Crippen LogP contribution is -2.51. The normalized spacial score (nSPS) is 25.0. The fourth-order valence-electron chi connectivity index (χ4n) is 4.88. The van der Waals surface area contributed by atoms with Gasteiger partial charge in [0.15, 0.2) is 0 Å². The summed E-state index contributed by atoms with van der Waals surface area (Å²) in [6.45, 7) is 4.08. The van der Waals surface area contributed by atoms with E-state index in [9.17, 15) is 9.59 Å². The molecular weight excluding hydrogens is 340 g/mol. The highest BCUT2D eigenvalue weighted by Gasteiger charge is 2.41. The summed E-state index contributed by atoms with van der Waals surface area (Å²) in [4.78, 5) is 29.2. The molecule has 3 aliphatic rings. The summed E-state index contributed by atoms with van der Waals surface area (Å²) in [5.41, 5.74) is 0.619. The summed E-state index contributed by atoms with van der Waals surface area (Å²) in [5.74, 6) is 0.858. The quantitative estimate of drug-likeness (QED) is 0.821. The fourth-order valence-corrected chi connectivity index (χ4v) is 4.88. The van der Waals surface area contributed by atoms with Gasteiger partial charge in [0.05, 0.1) is 5.60 Å². The van der Waals surface area contributed by atoms with E-state index in [0.717, 1.165) is 76.9 Å². The Morgan fingerprint density at radius 3 is 2.41 bits per heavy atom. The van der Waals surface area contributed by atoms with Gasteiger partial charge in [-0.05, 0) is 56.6 Å². The Morgan fingerprint density at radius 1 is 1.00 bits per heavy atom. The number of rotatable bonds is 3. The molecule has 27 heavy (non-hydrogen) atoms. The molecule has 5 heteroatoms. The second-order valence-electron chi connectivity index (χ2n) is 8.34. The van der Waals surface area contributed by atoms with Crippen molar-refractivity contribution < 1.29 is 14.3 Å². The molecule has 1 spiro atoms. The van der Waals surface area contributed by atoms with Crippen LogP contribution in [0.4, 0.5) is 0 Å². The SMILES string of the molecule is O=C(CC1CCOC2(CCN(C(=O)c3ccccc3)CC2)C1)N1CCCC1. The number of nitrogens with zero attached hydrogens (tertiary/aromatic N) is 2. The molecule has 0 N–H and O–H groups in total. The van der Waals surface area contributed by atoms with E-state index in [1.807, 2.05) is 40.1 Å². The first-order valence-electron chi connectivity index (χ1n) is 10.4. The number of hydrogen-bond donors (Lipinski definition) is 0. The standard InChI is InChI=1S/C22H30N2O3/c25-20(23-11-4-5-12-23)16-18-8-15-27-22(17-18)9-13-24(14-10-22)21(26)19-6-2-1-3-7-19/h1-3,6-7,18H,4-5,8-17H2. The number of benzene rings is 1. The average molecular weight is 370 g/mol. The van der Waals surface area contributed by atoms with E-state index >= 15 is 0 Å². The first-order chi connectivity index (χ1) is 13.2. The van der Waals surface area contributed by atoms with Crippen molar-refractivity contribution in [2.75, 3.05) is 32.8 Å². The largest absolute Gasteiger partial charge is 0.375 e. The molecule has 0 bridgehead atoms. The van der Waals surface area contributed by atoms with Crippen LogP contribution >= 0.6 is 0 Å². The minimum absolute atomic E-state index is 0.113. The lowest BCUT2D eigenvalue weighted by molar-refractivity contribution is -0.140. The summed E-state index contributed by atoms with van der Waals surface area (Å²) < 4.78 is 6.21. The smallest absolute Gasteiger partial charge is 0.253 e. The highest BCUT2D eigenvalue weighted by Crippen LogP contribution is 2.39. The van der Waals surface area contributed by atoms with Crippen LogP contribution in [0.3, 0.4) is 0 Å². The molecule has 5 nitrogen and oxygen atoms in total. The lowest BCUT2D eigenvalue weighted by Gasteiger charge is -2.46. The lowest BCUT2D eigenvalue weighted by atomic mass is 9.78. The Balaban J connectivity index is 1.32. The number of likely N-dealkylation sites (tertiary alicyclic amines) is 2. The highest BCUT2D eigenvalue weighted by molar-refractivity contribution is 5.94. The van der Waals surface area contributed by atoms with Gasteiger partial charge in [-0.1, -0.05) is 18.2 Å². The molecule has 0 aromatic heterocycles. The maximum Gasteiger partial charge on any atom is 0.253 e. The van der Waals surface area contributed by atoms with Crippen molar-refractivity contribution in [3.05, 3.63) is 35.9 Å². The monoisotopic (exact) mass is 370 g/mol. The molecule has 3 heterocycles. The van der Waals surface area contributed by atoms with E-state index in [1.165, 1.54) is 0 Å². The predicted octanol–water partition coefficient (Wildman–Crippen LogP) is 3.10. The Morgan fingerprint density at radius 2 is 1.70 bits per heavy atom. The molecule has 4 rings (SSSR count). The highest BCUT2D eigenvalue weighted by atomic mass is 16.5. The van der Waals surface area contributed by atoms with Crippen LogP contribution in [0.25, 0.3) is 0 Å². The van der Waals surface area contributed by atoms with Crippen molar-refractivity contribution in [1.29, 1.82) is 0 Å². The zero-order valence-electron chi connectivity index (χ0n) is 16.1. The summed E-state index contributed by atoms with van der Waals surface area (Å²) in [6.07, 6.45) is 6.65. The van der Waals surface area contributed by atoms with Gasteiger partial charge in [-0.25, -0.2) is 0 Å². The Hall–Kier alpha value is -1.88. The van der Waals surface area contributed by atoms with Crippen molar-refractivity contribution in [3.63, 3.8) is 0 Å². The second-order valence-corrected chi connectivity index (χ2v) is 8.34. The summed E-state index contributed by atoms with van der Waals surface area (Å²) in [6, 6.07) is 9.50. The topological polar surface area (TPSA) is 49.9 Å².